The first-order valence-corrected chi connectivity index (χ1v) is 0. The maximum Gasteiger partial charge on any atom is 0.0814 e. The van der Waals surface area contributed by atoms with E-state index in [9.17, 15) is 0 Å². The second-order valence-corrected chi connectivity index (χ2v) is 0. The molecule has 0 rings (SSSR count). The summed E-state index contributed by atoms with van der Waals surface area (Å²) in [5.74, 6) is 0. The van der Waals surface area contributed by atoms with Crippen molar-refractivity contribution in [1.29, 1.82) is 0 Å². The fourth-order valence-corrected chi connectivity index (χ4v) is 0. The van der Waals surface area contributed by atoms with Gasteiger partial charge in [-0.2, -0.15) is 13.5 Å². The van der Waals surface area contributed by atoms with Crippen molar-refractivity contribution in [3.05, 3.63) is 0 Å². The van der Waals surface area contributed by atoms with E-state index in [0.29, 0.717) is 0 Å². The van der Waals surface area contributed by atoms with Gasteiger partial charge in [0.2, 0.25) is 0 Å². The van der Waals surface area contributed by atoms with Crippen LogP contribution in [0.1, 0.15) is 0 Å². The summed E-state index contributed by atoms with van der Waals surface area (Å²) >= 11 is 0. The third-order valence-corrected chi connectivity index (χ3v) is 0. The second kappa shape index (κ2) is 34.1. The van der Waals surface area contributed by atoms with Crippen molar-refractivity contribution in [1.82, 2.24) is 0 Å². The van der Waals surface area contributed by atoms with Crippen LogP contribution < -0.4 is 0 Å². The largest absolute Gasteiger partial charge is 0.197 e. The summed E-state index contributed by atoms with van der Waals surface area (Å²) in [4.78, 5) is 0. The molecular formula is H5BMnMoSZn. The molecule has 1 radical (unpaired) electrons. The Bertz CT molecular complexity index is 11.6. The predicted octanol–water partition coefficient (Wildman–Crippen LogP) is -1.08. The molecule has 5 heavy (non-hydrogen) atoms. The molecule has 5 heteroatoms. The molecule has 0 bridgehead atoms. The first-order valence-electron chi connectivity index (χ1n) is 0. The predicted molar refractivity (Wildman–Crippen MR) is 20.3 cm³/mol. The van der Waals surface area contributed by atoms with Crippen LogP contribution in [0.5, 0.6) is 0 Å². The van der Waals surface area contributed by atoms with E-state index >= 15 is 0 Å². The fourth-order valence-electron chi connectivity index (χ4n) is 0. The first kappa shape index (κ1) is 56.0. The molecule has 0 aromatic heterocycles. The molecule has 0 heterocycles. The van der Waals surface area contributed by atoms with E-state index in [4.69, 9.17) is 0 Å². The Balaban J connectivity index is 0. The molecule has 0 aliphatic carbocycles. The monoisotopic (exact) mass is 265 g/mol. The molecule has 0 fully saturated rings. The average Bonchev–Trinajstić information content (AvgIpc) is 0. The van der Waals surface area contributed by atoms with Crippen LogP contribution in [0.25, 0.3) is 0 Å². The van der Waals surface area contributed by atoms with Crippen molar-refractivity contribution >= 4 is 21.9 Å². The third kappa shape index (κ3) is 22.3. The van der Waals surface area contributed by atoms with Gasteiger partial charge in [0, 0.05) is 57.6 Å². The van der Waals surface area contributed by atoms with Gasteiger partial charge in [0.25, 0.3) is 0 Å². The van der Waals surface area contributed by atoms with Crippen molar-refractivity contribution < 1.29 is 57.6 Å². The van der Waals surface area contributed by atoms with Crippen LogP contribution in [0.3, 0.4) is 0 Å². The van der Waals surface area contributed by atoms with E-state index in [-0.39, 0.29) is 79.5 Å². The molecule has 0 aliphatic heterocycles. The van der Waals surface area contributed by atoms with Crippen molar-refractivity contribution in [3.63, 3.8) is 0 Å². The quantitative estimate of drug-likeness (QED) is 0.488. The molecule has 0 amide bonds. The Morgan fingerprint density at radius 1 is 1.00 bits per heavy atom. The van der Waals surface area contributed by atoms with Gasteiger partial charge in [-0.3, -0.25) is 0 Å². The Morgan fingerprint density at radius 3 is 1.00 bits per heavy atom. The fraction of sp³-hybridized carbons (Fsp3) is 0. The zero-order valence-electron chi connectivity index (χ0n) is 1.99. The van der Waals surface area contributed by atoms with Crippen LogP contribution in [0, 0.1) is 0 Å². The molecular weight excluding hydrogens is 259 g/mol. The number of rotatable bonds is 0. The maximum atomic E-state index is 0. The summed E-state index contributed by atoms with van der Waals surface area (Å²) in [5.41, 5.74) is 0. The van der Waals surface area contributed by atoms with Gasteiger partial charge < -0.3 is 0 Å². The van der Waals surface area contributed by atoms with Gasteiger partial charge in [0.1, 0.15) is 0 Å². The minimum Gasteiger partial charge on any atom is -0.197 e. The van der Waals surface area contributed by atoms with Crippen LogP contribution >= 0.6 is 13.5 Å². The van der Waals surface area contributed by atoms with Crippen molar-refractivity contribution in [3.8, 4) is 0 Å². The van der Waals surface area contributed by atoms with E-state index in [1.807, 2.05) is 0 Å². The van der Waals surface area contributed by atoms with Gasteiger partial charge in [0.15, 0.2) is 0 Å². The van der Waals surface area contributed by atoms with Crippen LogP contribution in [0.4, 0.5) is 0 Å². The van der Waals surface area contributed by atoms with Gasteiger partial charge in [0.05, 0.1) is 8.41 Å². The maximum absolute atomic E-state index is 0. The van der Waals surface area contributed by atoms with E-state index in [2.05, 4.69) is 0 Å². The average molecular weight is 264 g/mol. The Morgan fingerprint density at radius 2 is 1.00 bits per heavy atom. The van der Waals surface area contributed by atoms with E-state index in [1.54, 1.807) is 0 Å². The summed E-state index contributed by atoms with van der Waals surface area (Å²) < 4.78 is 0. The van der Waals surface area contributed by atoms with Crippen LogP contribution in [0.15, 0.2) is 0 Å². The minimum absolute atomic E-state index is 0. The van der Waals surface area contributed by atoms with Crippen molar-refractivity contribution in [2.45, 2.75) is 0 Å². The summed E-state index contributed by atoms with van der Waals surface area (Å²) in [7, 11) is 0. The molecule has 0 atom stereocenters. The van der Waals surface area contributed by atoms with Gasteiger partial charge in [-0.25, -0.2) is 0 Å². The molecule has 29 valence electrons. The summed E-state index contributed by atoms with van der Waals surface area (Å²) in [6, 6.07) is 0. The molecule has 0 nitrogen and oxygen atoms in total. The molecule has 0 aromatic rings. The van der Waals surface area contributed by atoms with Crippen LogP contribution in [-0.4, -0.2) is 8.41 Å². The summed E-state index contributed by atoms with van der Waals surface area (Å²) in [6.45, 7) is 0. The second-order valence-electron chi connectivity index (χ2n) is 0. The summed E-state index contributed by atoms with van der Waals surface area (Å²) in [5, 5.41) is 0. The normalized spacial score (nSPS) is 0. The zero-order valence-corrected chi connectivity index (χ0v) is 9.15. The number of hydrogen-bond donors (Lipinski definition) is 0. The smallest absolute Gasteiger partial charge is 0.0814 e. The Labute approximate surface area is 78.8 Å². The third-order valence-electron chi connectivity index (χ3n) is 0. The zero-order chi connectivity index (χ0) is 0. The minimum atomic E-state index is 0. The molecule has 0 saturated heterocycles. The molecule has 0 spiro atoms. The van der Waals surface area contributed by atoms with E-state index < -0.39 is 0 Å². The molecule has 0 saturated carbocycles. The molecule has 0 aromatic carbocycles. The van der Waals surface area contributed by atoms with Gasteiger partial charge in [-0.1, -0.05) is 0 Å². The van der Waals surface area contributed by atoms with Gasteiger partial charge in [-0.05, 0) is 0 Å². The van der Waals surface area contributed by atoms with Gasteiger partial charge >= 0.3 is 0 Å². The van der Waals surface area contributed by atoms with Gasteiger partial charge in [-0.15, -0.1) is 0 Å². The SMILES string of the molecule is B.S.[Mn].[Mo].[Zn]. The van der Waals surface area contributed by atoms with Crippen molar-refractivity contribution in [2.24, 2.45) is 0 Å². The number of hydrogen-bond acceptors (Lipinski definition) is 0. The molecule has 0 N–H and O–H groups in total. The van der Waals surface area contributed by atoms with Crippen LogP contribution in [-0.2, 0) is 57.6 Å². The van der Waals surface area contributed by atoms with E-state index in [0.717, 1.165) is 0 Å². The topological polar surface area (TPSA) is 0 Å². The molecule has 0 aliphatic rings. The first-order chi connectivity index (χ1) is 0. The van der Waals surface area contributed by atoms with Crippen molar-refractivity contribution in [2.75, 3.05) is 0 Å². The Hall–Kier alpha value is 2.25. The molecule has 0 unspecified atom stereocenters. The summed E-state index contributed by atoms with van der Waals surface area (Å²) in [6.07, 6.45) is 0. The Kier molecular flexibility index (Phi) is 382. The standard InChI is InChI=1S/BH3.Mn.Mo.H2S.Zn/h1H3;;;1H2;. The van der Waals surface area contributed by atoms with E-state index in [1.165, 1.54) is 0 Å². The van der Waals surface area contributed by atoms with Crippen LogP contribution in [0.2, 0.25) is 0 Å².